The Hall–Kier alpha value is -3.74. The molecular weight excluding hydrogens is 372 g/mol. The van der Waals surface area contributed by atoms with Crippen LogP contribution < -0.4 is 20.1 Å². The van der Waals surface area contributed by atoms with Gasteiger partial charge >= 0.3 is 0 Å². The Balaban J connectivity index is 1.49. The van der Waals surface area contributed by atoms with Crippen LogP contribution >= 0.6 is 0 Å². The molecule has 0 bridgehead atoms. The van der Waals surface area contributed by atoms with E-state index in [0.29, 0.717) is 24.7 Å². The minimum absolute atomic E-state index is 0.144. The van der Waals surface area contributed by atoms with E-state index in [1.807, 2.05) is 48.5 Å². The molecule has 0 fully saturated rings. The number of furan rings is 1. The summed E-state index contributed by atoms with van der Waals surface area (Å²) in [6, 6.07) is 18.4. The van der Waals surface area contributed by atoms with Crippen LogP contribution in [0.1, 0.15) is 21.7 Å². The lowest BCUT2D eigenvalue weighted by Crippen LogP contribution is -2.36. The van der Waals surface area contributed by atoms with Gasteiger partial charge in [-0.05, 0) is 35.4 Å². The van der Waals surface area contributed by atoms with Crippen molar-refractivity contribution >= 4 is 11.8 Å². The molecule has 1 aromatic heterocycles. The van der Waals surface area contributed by atoms with Gasteiger partial charge in [-0.2, -0.15) is 0 Å². The molecule has 2 N–H and O–H groups in total. The number of hydrogen-bond acceptors (Lipinski definition) is 5. The Kier molecular flexibility index (Phi) is 6.89. The molecule has 2 aromatic carbocycles. The van der Waals surface area contributed by atoms with Crippen LogP contribution in [0.4, 0.5) is 0 Å². The molecule has 7 nitrogen and oxygen atoms in total. The number of hydrogen-bond donors (Lipinski definition) is 2. The highest BCUT2D eigenvalue weighted by Gasteiger charge is 2.11. The molecule has 29 heavy (non-hydrogen) atoms. The summed E-state index contributed by atoms with van der Waals surface area (Å²) >= 11 is 0. The summed E-state index contributed by atoms with van der Waals surface area (Å²) in [6.45, 7) is 0.586. The maximum atomic E-state index is 12.0. The van der Waals surface area contributed by atoms with E-state index in [-0.39, 0.29) is 18.2 Å². The number of ether oxygens (including phenoxy) is 2. The van der Waals surface area contributed by atoms with Crippen LogP contribution in [0.2, 0.25) is 0 Å². The largest absolute Gasteiger partial charge is 0.493 e. The Morgan fingerprint density at radius 3 is 2.48 bits per heavy atom. The number of carbonyl (C=O) groups is 2. The van der Waals surface area contributed by atoms with Gasteiger partial charge in [0, 0.05) is 6.54 Å². The predicted octanol–water partition coefficient (Wildman–Crippen LogP) is 2.91. The third kappa shape index (κ3) is 5.87. The van der Waals surface area contributed by atoms with E-state index in [1.54, 1.807) is 13.2 Å². The minimum Gasteiger partial charge on any atom is -0.493 e. The van der Waals surface area contributed by atoms with Gasteiger partial charge in [-0.1, -0.05) is 36.4 Å². The fourth-order valence-electron chi connectivity index (χ4n) is 2.60. The quantitative estimate of drug-likeness (QED) is 0.582. The summed E-state index contributed by atoms with van der Waals surface area (Å²) in [7, 11) is 1.57. The molecule has 0 saturated heterocycles. The first-order valence-electron chi connectivity index (χ1n) is 9.08. The van der Waals surface area contributed by atoms with Crippen LogP contribution in [0.3, 0.4) is 0 Å². The van der Waals surface area contributed by atoms with Gasteiger partial charge in [-0.15, -0.1) is 0 Å². The van der Waals surface area contributed by atoms with Crippen LogP contribution in [-0.4, -0.2) is 25.5 Å². The Morgan fingerprint density at radius 2 is 1.76 bits per heavy atom. The van der Waals surface area contributed by atoms with Crippen LogP contribution in [0.25, 0.3) is 0 Å². The third-order valence-electron chi connectivity index (χ3n) is 4.11. The summed E-state index contributed by atoms with van der Waals surface area (Å²) in [4.78, 5) is 23.7. The summed E-state index contributed by atoms with van der Waals surface area (Å²) in [5.74, 6) is 0.615. The van der Waals surface area contributed by atoms with Crippen LogP contribution in [0, 0.1) is 0 Å². The second kappa shape index (κ2) is 9.98. The van der Waals surface area contributed by atoms with Crippen LogP contribution in [-0.2, 0) is 17.9 Å². The van der Waals surface area contributed by atoms with E-state index < -0.39 is 5.91 Å². The standard InChI is InChI=1S/C22H22N2O5/c1-27-20-12-17(9-10-18(20)29-15-16-6-3-2-4-7-16)13-23-21(25)14-24-22(26)19-8-5-11-28-19/h2-12H,13-15H2,1H3,(H,23,25)(H,24,26). The molecule has 0 spiro atoms. The molecule has 150 valence electrons. The molecule has 0 aliphatic heterocycles. The van der Waals surface area contributed by atoms with Gasteiger partial charge in [0.1, 0.15) is 6.61 Å². The van der Waals surface area contributed by atoms with Crippen molar-refractivity contribution in [1.29, 1.82) is 0 Å². The van der Waals surface area contributed by atoms with E-state index in [4.69, 9.17) is 13.9 Å². The zero-order chi connectivity index (χ0) is 20.5. The van der Waals surface area contributed by atoms with Crippen molar-refractivity contribution in [2.45, 2.75) is 13.2 Å². The number of carbonyl (C=O) groups excluding carboxylic acids is 2. The molecule has 0 saturated carbocycles. The first-order valence-corrected chi connectivity index (χ1v) is 9.08. The monoisotopic (exact) mass is 394 g/mol. The summed E-state index contributed by atoms with van der Waals surface area (Å²) in [6.07, 6.45) is 1.40. The molecule has 0 radical (unpaired) electrons. The highest BCUT2D eigenvalue weighted by Crippen LogP contribution is 2.28. The smallest absolute Gasteiger partial charge is 0.287 e. The Labute approximate surface area is 168 Å². The normalized spacial score (nSPS) is 10.2. The molecular formula is C22H22N2O5. The van der Waals surface area contributed by atoms with Crippen molar-refractivity contribution in [3.8, 4) is 11.5 Å². The molecule has 0 aliphatic rings. The topological polar surface area (TPSA) is 89.8 Å². The average Bonchev–Trinajstić information content (AvgIpc) is 3.30. The van der Waals surface area contributed by atoms with Gasteiger partial charge in [0.2, 0.25) is 5.91 Å². The van der Waals surface area contributed by atoms with Crippen molar-refractivity contribution in [2.75, 3.05) is 13.7 Å². The lowest BCUT2D eigenvalue weighted by molar-refractivity contribution is -0.120. The van der Waals surface area contributed by atoms with Gasteiger partial charge in [-0.3, -0.25) is 9.59 Å². The maximum absolute atomic E-state index is 12.0. The van der Waals surface area contributed by atoms with Crippen molar-refractivity contribution in [3.63, 3.8) is 0 Å². The lowest BCUT2D eigenvalue weighted by Gasteiger charge is -2.13. The summed E-state index contributed by atoms with van der Waals surface area (Å²) < 4.78 is 16.2. The second-order valence-corrected chi connectivity index (χ2v) is 6.20. The number of benzene rings is 2. The van der Waals surface area contributed by atoms with Crippen molar-refractivity contribution < 1.29 is 23.5 Å². The molecule has 0 unspecified atom stereocenters. The molecule has 2 amide bonds. The van der Waals surface area contributed by atoms with Crippen molar-refractivity contribution in [2.24, 2.45) is 0 Å². The Bertz CT molecular complexity index is 939. The zero-order valence-corrected chi connectivity index (χ0v) is 16.0. The maximum Gasteiger partial charge on any atom is 0.287 e. The number of amides is 2. The first kappa shape index (κ1) is 20.0. The third-order valence-corrected chi connectivity index (χ3v) is 4.11. The van der Waals surface area contributed by atoms with Gasteiger partial charge in [-0.25, -0.2) is 0 Å². The SMILES string of the molecule is COc1cc(CNC(=O)CNC(=O)c2ccco2)ccc1OCc1ccccc1. The Morgan fingerprint density at radius 1 is 0.931 bits per heavy atom. The van der Waals surface area contributed by atoms with Crippen molar-refractivity contribution in [1.82, 2.24) is 10.6 Å². The van der Waals surface area contributed by atoms with Gasteiger partial charge in [0.05, 0.1) is 19.9 Å². The average molecular weight is 394 g/mol. The van der Waals surface area contributed by atoms with Gasteiger partial charge in [0.25, 0.3) is 5.91 Å². The summed E-state index contributed by atoms with van der Waals surface area (Å²) in [5.41, 5.74) is 1.90. The second-order valence-electron chi connectivity index (χ2n) is 6.20. The van der Waals surface area contributed by atoms with Crippen LogP contribution in [0.15, 0.2) is 71.3 Å². The van der Waals surface area contributed by atoms with E-state index >= 15 is 0 Å². The molecule has 3 rings (SSSR count). The molecule has 1 heterocycles. The fraction of sp³-hybridized carbons (Fsp3) is 0.182. The van der Waals surface area contributed by atoms with Crippen molar-refractivity contribution in [3.05, 3.63) is 83.8 Å². The minimum atomic E-state index is -0.438. The lowest BCUT2D eigenvalue weighted by atomic mass is 10.2. The van der Waals surface area contributed by atoms with E-state index in [9.17, 15) is 9.59 Å². The highest BCUT2D eigenvalue weighted by molar-refractivity contribution is 5.94. The molecule has 0 atom stereocenters. The first-order chi connectivity index (χ1) is 14.2. The zero-order valence-electron chi connectivity index (χ0n) is 16.0. The number of nitrogens with one attached hydrogen (secondary N) is 2. The van der Waals surface area contributed by atoms with Crippen LogP contribution in [0.5, 0.6) is 11.5 Å². The summed E-state index contributed by atoms with van der Waals surface area (Å²) in [5, 5.41) is 5.24. The fourth-order valence-corrected chi connectivity index (χ4v) is 2.60. The van der Waals surface area contributed by atoms with Gasteiger partial charge in [0.15, 0.2) is 17.3 Å². The number of methoxy groups -OCH3 is 1. The van der Waals surface area contributed by atoms with E-state index in [1.165, 1.54) is 12.3 Å². The predicted molar refractivity (Wildman–Crippen MR) is 107 cm³/mol. The molecule has 0 aliphatic carbocycles. The van der Waals surface area contributed by atoms with E-state index in [2.05, 4.69) is 10.6 Å². The number of rotatable bonds is 9. The van der Waals surface area contributed by atoms with E-state index in [0.717, 1.165) is 11.1 Å². The highest BCUT2D eigenvalue weighted by atomic mass is 16.5. The van der Waals surface area contributed by atoms with Gasteiger partial charge < -0.3 is 24.5 Å². The molecule has 7 heteroatoms. The molecule has 3 aromatic rings.